The topological polar surface area (TPSA) is 65.7 Å². The molecule has 1 amide bonds. The van der Waals surface area contributed by atoms with E-state index in [-0.39, 0.29) is 18.9 Å². The zero-order valence-corrected chi connectivity index (χ0v) is 14.6. The molecule has 0 unspecified atom stereocenters. The van der Waals surface area contributed by atoms with Crippen LogP contribution in [-0.4, -0.2) is 23.7 Å². The summed E-state index contributed by atoms with van der Waals surface area (Å²) in [7, 11) is 0. The van der Waals surface area contributed by atoms with Crippen molar-refractivity contribution in [2.24, 2.45) is 5.10 Å². The van der Waals surface area contributed by atoms with E-state index in [0.29, 0.717) is 11.6 Å². The van der Waals surface area contributed by atoms with Crippen LogP contribution < -0.4 is 4.74 Å². The number of ether oxygens (including phenoxy) is 1. The predicted molar refractivity (Wildman–Crippen MR) is 97.4 cm³/mol. The monoisotopic (exact) mass is 355 g/mol. The van der Waals surface area contributed by atoms with Crippen molar-refractivity contribution in [1.29, 1.82) is 5.26 Å². The standard InChI is InChI=1S/C19H18ClN3O2/c1-15(24)23(12-2-11-21)22-13-16-5-9-19(10-6-16)25-14-17-3-7-18(20)8-4-17/h3-10,13H,2,12,14H2,1H3. The zero-order valence-electron chi connectivity index (χ0n) is 13.9. The van der Waals surface area contributed by atoms with Gasteiger partial charge in [0.25, 0.3) is 0 Å². The van der Waals surface area contributed by atoms with Crippen molar-refractivity contribution >= 4 is 23.7 Å². The summed E-state index contributed by atoms with van der Waals surface area (Å²) in [5.41, 5.74) is 1.87. The van der Waals surface area contributed by atoms with Crippen LogP contribution in [-0.2, 0) is 11.4 Å². The van der Waals surface area contributed by atoms with Crippen molar-refractivity contribution in [1.82, 2.24) is 5.01 Å². The second-order valence-electron chi connectivity index (χ2n) is 5.28. The lowest BCUT2D eigenvalue weighted by molar-refractivity contribution is -0.128. The zero-order chi connectivity index (χ0) is 18.1. The molecule has 2 aromatic rings. The number of hydrogen-bond acceptors (Lipinski definition) is 4. The molecular formula is C19H18ClN3O2. The Hall–Kier alpha value is -2.84. The van der Waals surface area contributed by atoms with Crippen LogP contribution in [0.1, 0.15) is 24.5 Å². The molecule has 0 fully saturated rings. The molecule has 0 radical (unpaired) electrons. The molecule has 128 valence electrons. The van der Waals surface area contributed by atoms with Crippen molar-refractivity contribution in [2.75, 3.05) is 6.54 Å². The highest BCUT2D eigenvalue weighted by Gasteiger charge is 2.05. The first-order chi connectivity index (χ1) is 12.1. The van der Waals surface area contributed by atoms with Crippen LogP contribution in [0.2, 0.25) is 5.02 Å². The number of rotatable bonds is 7. The van der Waals surface area contributed by atoms with Crippen LogP contribution in [0.3, 0.4) is 0 Å². The van der Waals surface area contributed by atoms with Crippen LogP contribution in [0, 0.1) is 11.3 Å². The van der Waals surface area contributed by atoms with Crippen molar-refractivity contribution in [2.45, 2.75) is 20.0 Å². The van der Waals surface area contributed by atoms with Gasteiger partial charge in [-0.3, -0.25) is 4.79 Å². The van der Waals surface area contributed by atoms with Gasteiger partial charge in [-0.25, -0.2) is 5.01 Å². The maximum atomic E-state index is 11.4. The average molecular weight is 356 g/mol. The Bertz CT molecular complexity index is 765. The summed E-state index contributed by atoms with van der Waals surface area (Å²) in [6.07, 6.45) is 1.83. The number of nitriles is 1. The maximum absolute atomic E-state index is 11.4. The molecule has 25 heavy (non-hydrogen) atoms. The van der Waals surface area contributed by atoms with Gasteiger partial charge in [-0.2, -0.15) is 10.4 Å². The SMILES string of the molecule is CC(=O)N(CCC#N)N=Cc1ccc(OCc2ccc(Cl)cc2)cc1. The summed E-state index contributed by atoms with van der Waals surface area (Å²) in [6, 6.07) is 16.9. The average Bonchev–Trinajstić information content (AvgIpc) is 2.62. The highest BCUT2D eigenvalue weighted by molar-refractivity contribution is 6.30. The molecule has 0 bridgehead atoms. The first kappa shape index (κ1) is 18.5. The van der Waals surface area contributed by atoms with Gasteiger partial charge in [0.15, 0.2) is 0 Å². The van der Waals surface area contributed by atoms with Crippen LogP contribution >= 0.6 is 11.6 Å². The second-order valence-corrected chi connectivity index (χ2v) is 5.72. The van der Waals surface area contributed by atoms with E-state index in [9.17, 15) is 4.79 Å². The smallest absolute Gasteiger partial charge is 0.239 e. The van der Waals surface area contributed by atoms with Gasteiger partial charge in [0.2, 0.25) is 5.91 Å². The summed E-state index contributed by atoms with van der Waals surface area (Å²) >= 11 is 5.85. The molecule has 0 aliphatic carbocycles. The number of hydrogen-bond donors (Lipinski definition) is 0. The van der Waals surface area contributed by atoms with Crippen LogP contribution in [0.5, 0.6) is 5.75 Å². The molecule has 2 rings (SSSR count). The third kappa shape index (κ3) is 6.28. The Kier molecular flexibility index (Phi) is 7.00. The van der Waals surface area contributed by atoms with Gasteiger partial charge in [-0.05, 0) is 47.5 Å². The van der Waals surface area contributed by atoms with E-state index in [0.717, 1.165) is 16.9 Å². The lowest BCUT2D eigenvalue weighted by Crippen LogP contribution is -2.24. The lowest BCUT2D eigenvalue weighted by Gasteiger charge is -2.12. The normalized spacial score (nSPS) is 10.4. The van der Waals surface area contributed by atoms with Gasteiger partial charge in [-0.1, -0.05) is 23.7 Å². The molecular weight excluding hydrogens is 338 g/mol. The molecule has 0 heterocycles. The number of carbonyl (C=O) groups is 1. The summed E-state index contributed by atoms with van der Waals surface area (Å²) < 4.78 is 5.72. The van der Waals surface area contributed by atoms with Gasteiger partial charge in [0, 0.05) is 11.9 Å². The second kappa shape index (κ2) is 9.45. The first-order valence-electron chi connectivity index (χ1n) is 7.75. The maximum Gasteiger partial charge on any atom is 0.239 e. The molecule has 0 saturated carbocycles. The molecule has 2 aromatic carbocycles. The molecule has 5 nitrogen and oxygen atoms in total. The molecule has 0 N–H and O–H groups in total. The molecule has 0 atom stereocenters. The predicted octanol–water partition coefficient (Wildman–Crippen LogP) is 4.02. The highest BCUT2D eigenvalue weighted by Crippen LogP contribution is 2.15. The summed E-state index contributed by atoms with van der Waals surface area (Å²) in [5.74, 6) is 0.537. The third-order valence-corrected chi connectivity index (χ3v) is 3.60. The van der Waals surface area contributed by atoms with E-state index in [4.69, 9.17) is 21.6 Å². The number of hydrazone groups is 1. The van der Waals surface area contributed by atoms with Crippen molar-refractivity contribution < 1.29 is 9.53 Å². The quantitative estimate of drug-likeness (QED) is 0.556. The molecule has 0 saturated heterocycles. The summed E-state index contributed by atoms with van der Waals surface area (Å²) in [4.78, 5) is 11.4. The van der Waals surface area contributed by atoms with Gasteiger partial charge < -0.3 is 4.74 Å². The largest absolute Gasteiger partial charge is 0.489 e. The Morgan fingerprint density at radius 1 is 1.24 bits per heavy atom. The van der Waals surface area contributed by atoms with Gasteiger partial charge in [-0.15, -0.1) is 0 Å². The third-order valence-electron chi connectivity index (χ3n) is 3.34. The molecule has 0 aromatic heterocycles. The van der Waals surface area contributed by atoms with Crippen LogP contribution in [0.15, 0.2) is 53.6 Å². The minimum absolute atomic E-state index is 0.200. The molecule has 6 heteroatoms. The van der Waals surface area contributed by atoms with Crippen molar-refractivity contribution in [3.63, 3.8) is 0 Å². The number of amides is 1. The Labute approximate surface area is 152 Å². The van der Waals surface area contributed by atoms with Crippen molar-refractivity contribution in [3.05, 3.63) is 64.7 Å². The van der Waals surface area contributed by atoms with E-state index in [1.807, 2.05) is 54.6 Å². The van der Waals surface area contributed by atoms with E-state index in [1.54, 1.807) is 6.21 Å². The summed E-state index contributed by atoms with van der Waals surface area (Å²) in [6.45, 7) is 2.16. The van der Waals surface area contributed by atoms with E-state index >= 15 is 0 Å². The van der Waals surface area contributed by atoms with Gasteiger partial charge in [0.05, 0.1) is 25.2 Å². The number of benzene rings is 2. The van der Waals surface area contributed by atoms with E-state index in [1.165, 1.54) is 11.9 Å². The minimum Gasteiger partial charge on any atom is -0.489 e. The Morgan fingerprint density at radius 3 is 2.52 bits per heavy atom. The molecule has 0 aliphatic heterocycles. The molecule has 0 aliphatic rings. The fraction of sp³-hybridized carbons (Fsp3) is 0.211. The fourth-order valence-corrected chi connectivity index (χ4v) is 2.11. The minimum atomic E-state index is -0.200. The van der Waals surface area contributed by atoms with Crippen LogP contribution in [0.25, 0.3) is 0 Å². The Morgan fingerprint density at radius 2 is 1.92 bits per heavy atom. The van der Waals surface area contributed by atoms with Gasteiger partial charge in [0.1, 0.15) is 12.4 Å². The highest BCUT2D eigenvalue weighted by atomic mass is 35.5. The van der Waals surface area contributed by atoms with Gasteiger partial charge >= 0.3 is 0 Å². The number of nitrogens with zero attached hydrogens (tertiary/aromatic N) is 3. The van der Waals surface area contributed by atoms with E-state index < -0.39 is 0 Å². The van der Waals surface area contributed by atoms with E-state index in [2.05, 4.69) is 5.10 Å². The lowest BCUT2D eigenvalue weighted by atomic mass is 10.2. The fourth-order valence-electron chi connectivity index (χ4n) is 1.99. The summed E-state index contributed by atoms with van der Waals surface area (Å²) in [5, 5.41) is 14.7. The number of carbonyl (C=O) groups excluding carboxylic acids is 1. The Balaban J connectivity index is 1.92. The van der Waals surface area contributed by atoms with Crippen molar-refractivity contribution in [3.8, 4) is 11.8 Å². The van der Waals surface area contributed by atoms with Crippen LogP contribution in [0.4, 0.5) is 0 Å². The molecule has 0 spiro atoms. The number of halogens is 1. The first-order valence-corrected chi connectivity index (χ1v) is 8.12.